The molecule has 0 radical (unpaired) electrons. The van der Waals surface area contributed by atoms with Crippen LogP contribution in [0.15, 0.2) is 35.4 Å². The van der Waals surface area contributed by atoms with Crippen LogP contribution in [0.2, 0.25) is 5.02 Å². The van der Waals surface area contributed by atoms with Crippen LogP contribution in [-0.2, 0) is 4.79 Å². The zero-order chi connectivity index (χ0) is 15.3. The molecule has 0 saturated carbocycles. The molecule has 1 aromatic carbocycles. The highest BCUT2D eigenvalue weighted by atomic mass is 35.5. The predicted molar refractivity (Wildman–Crippen MR) is 80.5 cm³/mol. The first kappa shape index (κ1) is 16.0. The van der Waals surface area contributed by atoms with Gasteiger partial charge in [0.1, 0.15) is 11.6 Å². The molecule has 0 amide bonds. The van der Waals surface area contributed by atoms with Gasteiger partial charge in [0.15, 0.2) is 0 Å². The highest BCUT2D eigenvalue weighted by Crippen LogP contribution is 2.24. The van der Waals surface area contributed by atoms with Gasteiger partial charge in [-0.3, -0.25) is 0 Å². The van der Waals surface area contributed by atoms with Crippen LogP contribution in [0, 0.1) is 11.3 Å². The lowest BCUT2D eigenvalue weighted by Gasteiger charge is -2.07. The zero-order valence-corrected chi connectivity index (χ0v) is 12.4. The van der Waals surface area contributed by atoms with Crippen LogP contribution < -0.4 is 0 Å². The smallest absolute Gasteiger partial charge is 0.346 e. The summed E-state index contributed by atoms with van der Waals surface area (Å²) in [5.74, 6) is -0.833. The van der Waals surface area contributed by atoms with Gasteiger partial charge in [0.2, 0.25) is 0 Å². The van der Waals surface area contributed by atoms with Crippen molar-refractivity contribution in [3.63, 3.8) is 0 Å². The van der Waals surface area contributed by atoms with Crippen LogP contribution in [0.25, 0.3) is 6.08 Å². The summed E-state index contributed by atoms with van der Waals surface area (Å²) in [7, 11) is 0. The Kier molecular flexibility index (Phi) is 5.54. The summed E-state index contributed by atoms with van der Waals surface area (Å²) in [6, 6.07) is 7.44. The van der Waals surface area contributed by atoms with E-state index in [1.165, 1.54) is 0 Å². The molecule has 0 unspecified atom stereocenters. The second-order valence-corrected chi connectivity index (χ2v) is 5.15. The van der Waals surface area contributed by atoms with E-state index in [1.54, 1.807) is 25.1 Å². The Balaban J connectivity index is 3.08. The zero-order valence-electron chi connectivity index (χ0n) is 11.6. The quantitative estimate of drug-likeness (QED) is 0.507. The maximum absolute atomic E-state index is 10.8. The van der Waals surface area contributed by atoms with Crippen molar-refractivity contribution in [2.24, 2.45) is 0 Å². The molecule has 0 spiro atoms. The van der Waals surface area contributed by atoms with Gasteiger partial charge in [0.25, 0.3) is 0 Å². The normalized spacial score (nSPS) is 12.4. The number of halogens is 1. The first-order chi connectivity index (χ1) is 9.36. The van der Waals surface area contributed by atoms with Crippen LogP contribution in [0.1, 0.15) is 37.8 Å². The summed E-state index contributed by atoms with van der Waals surface area (Å²) < 4.78 is 0. The molecule has 0 aliphatic heterocycles. The van der Waals surface area contributed by atoms with Crippen LogP contribution in [-0.4, -0.2) is 11.1 Å². The summed E-state index contributed by atoms with van der Waals surface area (Å²) in [5.41, 5.74) is 2.06. The number of benzene rings is 1. The fraction of sp³-hybridized carbons (Fsp3) is 0.250. The lowest BCUT2D eigenvalue weighted by Crippen LogP contribution is -1.99. The molecule has 1 rings (SSSR count). The van der Waals surface area contributed by atoms with Gasteiger partial charge in [-0.2, -0.15) is 5.26 Å². The molecule has 0 aliphatic carbocycles. The highest BCUT2D eigenvalue weighted by molar-refractivity contribution is 6.32. The van der Waals surface area contributed by atoms with Gasteiger partial charge in [-0.05, 0) is 35.6 Å². The van der Waals surface area contributed by atoms with Crippen molar-refractivity contribution in [2.45, 2.75) is 26.7 Å². The minimum absolute atomic E-state index is 0.267. The van der Waals surface area contributed by atoms with Crippen molar-refractivity contribution in [1.82, 2.24) is 0 Å². The van der Waals surface area contributed by atoms with Crippen molar-refractivity contribution in [1.29, 1.82) is 5.26 Å². The molecule has 1 N–H and O–H groups in total. The number of nitriles is 1. The molecule has 3 nitrogen and oxygen atoms in total. The van der Waals surface area contributed by atoms with Crippen LogP contribution in [0.5, 0.6) is 0 Å². The summed E-state index contributed by atoms with van der Waals surface area (Å²) in [4.78, 5) is 10.8. The van der Waals surface area contributed by atoms with Gasteiger partial charge < -0.3 is 5.11 Å². The first-order valence-corrected chi connectivity index (χ1v) is 6.56. The summed E-state index contributed by atoms with van der Waals surface area (Å²) >= 11 is 6.18. The van der Waals surface area contributed by atoms with Crippen molar-refractivity contribution < 1.29 is 9.90 Å². The Hall–Kier alpha value is -2.05. The molecule has 104 valence electrons. The van der Waals surface area contributed by atoms with E-state index in [4.69, 9.17) is 22.0 Å². The van der Waals surface area contributed by atoms with E-state index in [1.807, 2.05) is 18.2 Å². The molecule has 0 bridgehead atoms. The van der Waals surface area contributed by atoms with Crippen molar-refractivity contribution in [2.75, 3.05) is 0 Å². The van der Waals surface area contributed by atoms with Gasteiger partial charge in [0.05, 0.1) is 0 Å². The van der Waals surface area contributed by atoms with Gasteiger partial charge >= 0.3 is 5.97 Å². The number of hydrogen-bond donors (Lipinski definition) is 1. The van der Waals surface area contributed by atoms with Crippen molar-refractivity contribution in [3.8, 4) is 6.07 Å². The van der Waals surface area contributed by atoms with E-state index in [0.717, 1.165) is 11.1 Å². The summed E-state index contributed by atoms with van der Waals surface area (Å²) in [5, 5.41) is 18.2. The van der Waals surface area contributed by atoms with E-state index in [2.05, 4.69) is 13.8 Å². The standard InChI is InChI=1S/C16H16ClNO2/c1-10(2)13-7-6-12(15(17)8-13)5-4-11(3)14(9-18)16(19)20/h4-8,10H,1-3H3,(H,19,20)/b5-4+,14-11+. The number of rotatable bonds is 4. The minimum Gasteiger partial charge on any atom is -0.477 e. The average Bonchev–Trinajstić information content (AvgIpc) is 2.37. The first-order valence-electron chi connectivity index (χ1n) is 6.18. The fourth-order valence-electron chi connectivity index (χ4n) is 1.64. The Morgan fingerprint density at radius 3 is 2.55 bits per heavy atom. The van der Waals surface area contributed by atoms with Gasteiger partial charge in [0, 0.05) is 5.02 Å². The molecule has 20 heavy (non-hydrogen) atoms. The Morgan fingerprint density at radius 2 is 2.10 bits per heavy atom. The monoisotopic (exact) mass is 289 g/mol. The van der Waals surface area contributed by atoms with Crippen molar-refractivity contribution in [3.05, 3.63) is 51.6 Å². The largest absolute Gasteiger partial charge is 0.477 e. The Morgan fingerprint density at radius 1 is 1.45 bits per heavy atom. The molecule has 1 aromatic rings. The number of carboxylic acid groups (broad SMARTS) is 1. The van der Waals surface area contributed by atoms with E-state index in [9.17, 15) is 4.79 Å². The molecular formula is C16H16ClNO2. The number of allylic oxidation sites excluding steroid dienone is 2. The van der Waals surface area contributed by atoms with Crippen LogP contribution in [0.3, 0.4) is 0 Å². The molecular weight excluding hydrogens is 274 g/mol. The van der Waals surface area contributed by atoms with E-state index < -0.39 is 5.97 Å². The number of carbonyl (C=O) groups is 1. The van der Waals surface area contributed by atoms with E-state index in [-0.39, 0.29) is 5.57 Å². The summed E-state index contributed by atoms with van der Waals surface area (Å²) in [6.07, 6.45) is 3.30. The maximum Gasteiger partial charge on any atom is 0.346 e. The van der Waals surface area contributed by atoms with Gasteiger partial charge in [-0.15, -0.1) is 0 Å². The lowest BCUT2D eigenvalue weighted by molar-refractivity contribution is -0.132. The molecule has 4 heteroatoms. The predicted octanol–water partition coefficient (Wildman–Crippen LogP) is 4.40. The molecule has 0 aromatic heterocycles. The number of aliphatic carboxylic acids is 1. The SMILES string of the molecule is CC(/C=C/c1ccc(C(C)C)cc1Cl)=C(/C#N)C(=O)O. The number of carboxylic acids is 1. The molecule has 0 saturated heterocycles. The van der Waals surface area contributed by atoms with Gasteiger partial charge in [-0.25, -0.2) is 4.79 Å². The third-order valence-electron chi connectivity index (χ3n) is 2.92. The fourth-order valence-corrected chi connectivity index (χ4v) is 1.89. The maximum atomic E-state index is 10.8. The summed E-state index contributed by atoms with van der Waals surface area (Å²) in [6.45, 7) is 5.75. The van der Waals surface area contributed by atoms with Gasteiger partial charge in [-0.1, -0.05) is 49.7 Å². The highest BCUT2D eigenvalue weighted by Gasteiger charge is 2.08. The van der Waals surface area contributed by atoms with Crippen molar-refractivity contribution >= 4 is 23.6 Å². The molecule has 0 heterocycles. The second kappa shape index (κ2) is 6.93. The second-order valence-electron chi connectivity index (χ2n) is 4.74. The third-order valence-corrected chi connectivity index (χ3v) is 3.25. The lowest BCUT2D eigenvalue weighted by atomic mass is 10.0. The topological polar surface area (TPSA) is 61.1 Å². The van der Waals surface area contributed by atoms with E-state index >= 15 is 0 Å². The molecule has 0 aliphatic rings. The molecule has 0 fully saturated rings. The molecule has 0 atom stereocenters. The number of hydrogen-bond acceptors (Lipinski definition) is 2. The Bertz CT molecular complexity index is 622. The van der Waals surface area contributed by atoms with E-state index in [0.29, 0.717) is 16.5 Å². The third kappa shape index (κ3) is 3.97. The Labute approximate surface area is 123 Å². The van der Waals surface area contributed by atoms with Crippen LogP contribution in [0.4, 0.5) is 0 Å². The van der Waals surface area contributed by atoms with Crippen LogP contribution >= 0.6 is 11.6 Å². The average molecular weight is 290 g/mol. The number of nitrogens with zero attached hydrogens (tertiary/aromatic N) is 1. The minimum atomic E-state index is -1.23.